The molecule has 172 valence electrons. The van der Waals surface area contributed by atoms with E-state index in [-0.39, 0.29) is 13.3 Å². The Labute approximate surface area is 189 Å². The van der Waals surface area contributed by atoms with E-state index in [1.54, 1.807) is 17.2 Å². The molecule has 0 amide bonds. The van der Waals surface area contributed by atoms with Crippen LogP contribution in [0.1, 0.15) is 5.48 Å². The number of hydrogen-bond acceptors (Lipinski definition) is 12. The van der Waals surface area contributed by atoms with E-state index in [1.165, 1.54) is 11.8 Å². The quantitative estimate of drug-likeness (QED) is 0.302. The first kappa shape index (κ1) is 19.7. The van der Waals surface area contributed by atoms with Crippen molar-refractivity contribution in [2.24, 2.45) is 4.99 Å². The smallest absolute Gasteiger partial charge is 0.160 e. The number of ether oxygens (including phenoxy) is 5. The van der Waals surface area contributed by atoms with Crippen molar-refractivity contribution in [3.05, 3.63) is 12.3 Å². The molecular formula is C19H26N2O9S. The minimum atomic E-state index is -1.22. The van der Waals surface area contributed by atoms with Crippen molar-refractivity contribution in [2.45, 2.75) is 30.6 Å². The van der Waals surface area contributed by atoms with Crippen molar-refractivity contribution in [1.82, 2.24) is 4.90 Å². The van der Waals surface area contributed by atoms with Crippen LogP contribution in [0.5, 0.6) is 0 Å². The zero-order chi connectivity index (χ0) is 26.0. The molecule has 0 aliphatic carbocycles. The van der Waals surface area contributed by atoms with Gasteiger partial charge in [-0.25, -0.2) is 0 Å². The molecule has 0 bridgehead atoms. The van der Waals surface area contributed by atoms with Crippen LogP contribution in [0.3, 0.4) is 0 Å². The average Bonchev–Trinajstić information content (AvgIpc) is 2.80. The molecule has 11 nitrogen and oxygen atoms in total. The fourth-order valence-electron chi connectivity index (χ4n) is 3.18. The van der Waals surface area contributed by atoms with Crippen LogP contribution in [0.4, 0.5) is 0 Å². The van der Waals surface area contributed by atoms with Gasteiger partial charge in [0.15, 0.2) is 6.23 Å². The van der Waals surface area contributed by atoms with E-state index >= 15 is 0 Å². The maximum Gasteiger partial charge on any atom is 0.160 e. The first-order valence-electron chi connectivity index (χ1n) is 11.2. The lowest BCUT2D eigenvalue weighted by Crippen LogP contribution is -2.65. The number of carbonyl (C=O) groups excluding carboxylic acids is 4. The predicted molar refractivity (Wildman–Crippen MR) is 110 cm³/mol. The summed E-state index contributed by atoms with van der Waals surface area (Å²) in [7, 11) is 0. The van der Waals surface area contributed by atoms with Gasteiger partial charge in [0.05, 0.1) is 11.7 Å². The molecule has 2 rings (SSSR count). The molecule has 1 unspecified atom stereocenters. The molecular weight excluding hydrogens is 432 g/mol. The first-order chi connectivity index (χ1) is 16.6. The van der Waals surface area contributed by atoms with Crippen molar-refractivity contribution in [2.75, 3.05) is 46.0 Å². The summed E-state index contributed by atoms with van der Waals surface area (Å²) in [6.45, 7) is -2.77. The molecule has 0 radical (unpaired) electrons. The Kier molecular flexibility index (Phi) is 9.01. The van der Waals surface area contributed by atoms with E-state index in [1.807, 2.05) is 6.26 Å². The van der Waals surface area contributed by atoms with Crippen LogP contribution in [0.2, 0.25) is 0 Å². The second-order valence-electron chi connectivity index (χ2n) is 6.16. The second kappa shape index (κ2) is 14.2. The van der Waals surface area contributed by atoms with Crippen LogP contribution < -0.4 is 0 Å². The molecule has 0 N–H and O–H groups in total. The van der Waals surface area contributed by atoms with Crippen LogP contribution in [0.25, 0.3) is 0 Å². The normalized spacial score (nSPS) is 29.9. The number of nitrogens with zero attached hydrogens (tertiary/aromatic N) is 2. The Morgan fingerprint density at radius 3 is 2.23 bits per heavy atom. The SMILES string of the molecule is [2H]C(=O)COC[C@H]1OC(N2C=CC(SC)=NC2)[C@@H](OCC([2H])=O)[C@@H](OCC([2H])=O)[C@@H]1OCC([2H])=O. The Morgan fingerprint density at radius 1 is 1.06 bits per heavy atom. The van der Waals surface area contributed by atoms with Gasteiger partial charge in [0, 0.05) is 6.20 Å². The van der Waals surface area contributed by atoms with E-state index in [0.29, 0.717) is 0 Å². The highest BCUT2D eigenvalue weighted by Gasteiger charge is 2.50. The third kappa shape index (κ3) is 7.30. The molecule has 2 aliphatic heterocycles. The molecule has 2 heterocycles. The highest BCUT2D eigenvalue weighted by Crippen LogP contribution is 2.31. The van der Waals surface area contributed by atoms with Gasteiger partial charge in [-0.2, -0.15) is 0 Å². The summed E-state index contributed by atoms with van der Waals surface area (Å²) in [5.41, 5.74) is 0. The van der Waals surface area contributed by atoms with Gasteiger partial charge in [0.1, 0.15) is 88.0 Å². The van der Waals surface area contributed by atoms with Gasteiger partial charge in [-0.05, 0) is 12.3 Å². The van der Waals surface area contributed by atoms with Crippen LogP contribution in [0.15, 0.2) is 17.3 Å². The first-order valence-corrected chi connectivity index (χ1v) is 10.4. The summed E-state index contributed by atoms with van der Waals surface area (Å²) >= 11 is 1.42. The van der Waals surface area contributed by atoms with Crippen molar-refractivity contribution < 1.29 is 48.3 Å². The minimum Gasteiger partial charge on any atom is -0.371 e. The molecule has 0 aromatic rings. The highest BCUT2D eigenvalue weighted by atomic mass is 32.2. The van der Waals surface area contributed by atoms with E-state index in [0.717, 1.165) is 5.04 Å². The number of aliphatic imine (C=N–C) groups is 1. The summed E-state index contributed by atoms with van der Waals surface area (Å²) in [4.78, 5) is 51.0. The van der Waals surface area contributed by atoms with Crippen LogP contribution in [0, 0.1) is 0 Å². The monoisotopic (exact) mass is 462 g/mol. The highest BCUT2D eigenvalue weighted by molar-refractivity contribution is 8.13. The van der Waals surface area contributed by atoms with E-state index in [9.17, 15) is 19.2 Å². The Bertz CT molecular complexity index is 847. The van der Waals surface area contributed by atoms with E-state index < -0.39 is 82.1 Å². The summed E-state index contributed by atoms with van der Waals surface area (Å²) in [5.74, 6) is 0. The molecule has 0 spiro atoms. The number of hydrogen-bond donors (Lipinski definition) is 0. The molecule has 5 atom stereocenters. The van der Waals surface area contributed by atoms with Gasteiger partial charge < -0.3 is 47.8 Å². The van der Waals surface area contributed by atoms with Crippen molar-refractivity contribution in [1.29, 1.82) is 0 Å². The van der Waals surface area contributed by atoms with Crippen LogP contribution in [-0.4, -0.2) is 112 Å². The van der Waals surface area contributed by atoms with Crippen molar-refractivity contribution in [3.8, 4) is 0 Å². The zero-order valence-corrected chi connectivity index (χ0v) is 17.6. The predicted octanol–water partition coefficient (Wildman–Crippen LogP) is -0.773. The maximum atomic E-state index is 11.3. The number of carbonyl (C=O) groups is 4. The summed E-state index contributed by atoms with van der Waals surface area (Å²) in [6, 6.07) is 0. The number of aldehydes is 4. The largest absolute Gasteiger partial charge is 0.371 e. The van der Waals surface area contributed by atoms with Gasteiger partial charge in [0.25, 0.3) is 0 Å². The summed E-state index contributed by atoms with van der Waals surface area (Å²) in [6.07, 6.45) is -4.62. The van der Waals surface area contributed by atoms with Gasteiger partial charge in [-0.1, -0.05) is 0 Å². The van der Waals surface area contributed by atoms with Crippen molar-refractivity contribution in [3.63, 3.8) is 0 Å². The van der Waals surface area contributed by atoms with E-state index in [4.69, 9.17) is 29.2 Å². The maximum absolute atomic E-state index is 11.3. The molecule has 31 heavy (non-hydrogen) atoms. The molecule has 2 aliphatic rings. The topological polar surface area (TPSA) is 130 Å². The number of thioether (sulfide) groups is 1. The second-order valence-corrected chi connectivity index (χ2v) is 6.98. The average molecular weight is 463 g/mol. The minimum absolute atomic E-state index is 0.117. The van der Waals surface area contributed by atoms with Gasteiger partial charge in [0.2, 0.25) is 0 Å². The molecule has 12 heteroatoms. The van der Waals surface area contributed by atoms with Crippen molar-refractivity contribution >= 4 is 41.9 Å². The molecule has 0 aromatic heterocycles. The Balaban J connectivity index is 2.41. The Hall–Kier alpha value is -1.96. The summed E-state index contributed by atoms with van der Waals surface area (Å²) < 4.78 is 56.6. The van der Waals surface area contributed by atoms with Gasteiger partial charge in [-0.3, -0.25) is 4.99 Å². The zero-order valence-electron chi connectivity index (χ0n) is 20.8. The van der Waals surface area contributed by atoms with Gasteiger partial charge in [-0.15, -0.1) is 11.8 Å². The van der Waals surface area contributed by atoms with Crippen LogP contribution >= 0.6 is 11.8 Å². The fraction of sp³-hybridized carbons (Fsp3) is 0.632. The fourth-order valence-corrected chi connectivity index (χ4v) is 3.56. The lowest BCUT2D eigenvalue weighted by Gasteiger charge is -2.48. The molecule has 0 aromatic carbocycles. The van der Waals surface area contributed by atoms with Gasteiger partial charge >= 0.3 is 0 Å². The molecule has 1 fully saturated rings. The van der Waals surface area contributed by atoms with E-state index in [2.05, 4.69) is 4.99 Å². The third-order valence-corrected chi connectivity index (χ3v) is 5.07. The lowest BCUT2D eigenvalue weighted by molar-refractivity contribution is -0.284. The Morgan fingerprint density at radius 2 is 1.68 bits per heavy atom. The number of rotatable bonds is 14. The van der Waals surface area contributed by atoms with Crippen LogP contribution in [-0.2, 0) is 42.9 Å². The standard InChI is InChI=1S/C19H26N2O9S/c1-31-15-2-3-21(13-20-15)19-18(29-11-7-25)17(28-10-6-24)16(27-9-5-23)14(30-19)12-26-8-4-22/h2-7,14,16-19H,8-13H2,1H3/t14-,16-,17+,18+,19?/m1/s1/i4D,5D,6D,7D. The molecule has 1 saturated heterocycles. The third-order valence-electron chi connectivity index (χ3n) is 4.39. The summed E-state index contributed by atoms with van der Waals surface area (Å²) in [5, 5.41) is 0.743. The molecule has 0 saturated carbocycles. The lowest BCUT2D eigenvalue weighted by atomic mass is 9.96.